The van der Waals surface area contributed by atoms with Gasteiger partial charge in [-0.25, -0.2) is 0 Å². The van der Waals surface area contributed by atoms with Gasteiger partial charge in [-0.3, -0.25) is 4.79 Å². The maximum Gasteiger partial charge on any atom is 0.261 e. The van der Waals surface area contributed by atoms with Crippen LogP contribution in [0.25, 0.3) is 0 Å². The van der Waals surface area contributed by atoms with Crippen LogP contribution in [0.1, 0.15) is 29.9 Å². The summed E-state index contributed by atoms with van der Waals surface area (Å²) in [5.41, 5.74) is 0. The molecule has 1 heterocycles. The smallest absolute Gasteiger partial charge is 0.261 e. The minimum atomic E-state index is -0.0403. The van der Waals surface area contributed by atoms with Gasteiger partial charge in [-0.1, -0.05) is 25.4 Å². The van der Waals surface area contributed by atoms with E-state index in [0.717, 1.165) is 13.0 Å². The first kappa shape index (κ1) is 13.5. The van der Waals surface area contributed by atoms with Crippen LogP contribution in [0.2, 0.25) is 4.34 Å². The third-order valence-electron chi connectivity index (χ3n) is 1.99. The van der Waals surface area contributed by atoms with Crippen molar-refractivity contribution in [3.63, 3.8) is 0 Å². The van der Waals surface area contributed by atoms with E-state index < -0.39 is 0 Å². The fourth-order valence-corrected chi connectivity index (χ4v) is 2.16. The van der Waals surface area contributed by atoms with E-state index in [4.69, 9.17) is 11.6 Å². The molecule has 2 N–H and O–H groups in total. The van der Waals surface area contributed by atoms with Gasteiger partial charge >= 0.3 is 0 Å². The third kappa shape index (κ3) is 4.96. The fraction of sp³-hybridized carbons (Fsp3) is 0.545. The molecule has 0 bridgehead atoms. The van der Waals surface area contributed by atoms with Gasteiger partial charge in [0.05, 0.1) is 9.21 Å². The van der Waals surface area contributed by atoms with Crippen LogP contribution in [0.5, 0.6) is 0 Å². The molecule has 0 aromatic carbocycles. The molecule has 0 spiro atoms. The normalized spacial score (nSPS) is 10.8. The molecule has 90 valence electrons. The second-order valence-corrected chi connectivity index (χ2v) is 5.54. The maximum absolute atomic E-state index is 11.6. The van der Waals surface area contributed by atoms with Gasteiger partial charge in [-0.15, -0.1) is 11.3 Å². The molecule has 5 heteroatoms. The van der Waals surface area contributed by atoms with Crippen molar-refractivity contribution in [2.24, 2.45) is 0 Å². The van der Waals surface area contributed by atoms with Crippen LogP contribution in [-0.4, -0.2) is 25.0 Å². The van der Waals surface area contributed by atoms with Crippen LogP contribution in [0.3, 0.4) is 0 Å². The van der Waals surface area contributed by atoms with Gasteiger partial charge < -0.3 is 10.6 Å². The predicted molar refractivity (Wildman–Crippen MR) is 69.4 cm³/mol. The van der Waals surface area contributed by atoms with E-state index in [9.17, 15) is 4.79 Å². The summed E-state index contributed by atoms with van der Waals surface area (Å²) in [5.74, 6) is -0.0403. The zero-order chi connectivity index (χ0) is 12.0. The summed E-state index contributed by atoms with van der Waals surface area (Å²) in [5, 5.41) is 6.15. The van der Waals surface area contributed by atoms with Gasteiger partial charge in [0, 0.05) is 12.6 Å². The van der Waals surface area contributed by atoms with Crippen molar-refractivity contribution in [2.45, 2.75) is 26.3 Å². The van der Waals surface area contributed by atoms with Crippen molar-refractivity contribution < 1.29 is 4.79 Å². The van der Waals surface area contributed by atoms with Crippen LogP contribution in [-0.2, 0) is 0 Å². The van der Waals surface area contributed by atoms with Gasteiger partial charge in [0.15, 0.2) is 0 Å². The zero-order valence-electron chi connectivity index (χ0n) is 9.55. The van der Waals surface area contributed by atoms with E-state index in [0.29, 0.717) is 21.8 Å². The number of halogens is 1. The van der Waals surface area contributed by atoms with Gasteiger partial charge in [0.25, 0.3) is 5.91 Å². The quantitative estimate of drug-likeness (QED) is 0.772. The number of hydrogen-bond acceptors (Lipinski definition) is 3. The number of nitrogens with one attached hydrogen (secondary N) is 2. The number of carbonyl (C=O) groups excluding carboxylic acids is 1. The Kier molecular flexibility index (Phi) is 5.80. The molecule has 16 heavy (non-hydrogen) atoms. The van der Waals surface area contributed by atoms with E-state index in [2.05, 4.69) is 24.5 Å². The Morgan fingerprint density at radius 2 is 2.19 bits per heavy atom. The molecular weight excluding hydrogens is 244 g/mol. The molecule has 1 rings (SSSR count). The molecule has 0 aliphatic carbocycles. The lowest BCUT2D eigenvalue weighted by atomic mass is 10.3. The van der Waals surface area contributed by atoms with Crippen molar-refractivity contribution in [3.05, 3.63) is 21.3 Å². The molecule has 0 unspecified atom stereocenters. The zero-order valence-corrected chi connectivity index (χ0v) is 11.1. The molecule has 0 atom stereocenters. The molecule has 1 amide bonds. The largest absolute Gasteiger partial charge is 0.351 e. The molecule has 0 aliphatic heterocycles. The van der Waals surface area contributed by atoms with Gasteiger partial charge in [0.2, 0.25) is 0 Å². The van der Waals surface area contributed by atoms with Crippen molar-refractivity contribution in [3.8, 4) is 0 Å². The number of carbonyl (C=O) groups is 1. The van der Waals surface area contributed by atoms with Gasteiger partial charge in [0.1, 0.15) is 0 Å². The molecule has 1 aromatic heterocycles. The first-order chi connectivity index (χ1) is 7.59. The highest BCUT2D eigenvalue weighted by Crippen LogP contribution is 2.20. The molecule has 3 nitrogen and oxygen atoms in total. The Labute approximate surface area is 105 Å². The highest BCUT2D eigenvalue weighted by Gasteiger charge is 2.07. The summed E-state index contributed by atoms with van der Waals surface area (Å²) in [6, 6.07) is 3.97. The molecule has 1 aromatic rings. The first-order valence-electron chi connectivity index (χ1n) is 5.36. The number of hydrogen-bond donors (Lipinski definition) is 2. The topological polar surface area (TPSA) is 41.1 Å². The Morgan fingerprint density at radius 1 is 1.44 bits per heavy atom. The highest BCUT2D eigenvalue weighted by atomic mass is 35.5. The molecule has 0 aliphatic rings. The predicted octanol–water partition coefficient (Wildman–Crippen LogP) is 2.52. The van der Waals surface area contributed by atoms with Crippen LogP contribution in [0.4, 0.5) is 0 Å². The Morgan fingerprint density at radius 3 is 2.75 bits per heavy atom. The van der Waals surface area contributed by atoms with E-state index in [1.807, 2.05) is 0 Å². The molecule has 0 fully saturated rings. The second-order valence-electron chi connectivity index (χ2n) is 3.82. The van der Waals surface area contributed by atoms with Crippen LogP contribution in [0, 0.1) is 0 Å². The van der Waals surface area contributed by atoms with Crippen molar-refractivity contribution in [1.82, 2.24) is 10.6 Å². The Bertz CT molecular complexity index is 338. The summed E-state index contributed by atoms with van der Waals surface area (Å²) >= 11 is 7.05. The summed E-state index contributed by atoms with van der Waals surface area (Å²) in [4.78, 5) is 12.2. The SMILES string of the molecule is CC(C)NCCCNC(=O)c1ccc(Cl)s1. The average Bonchev–Trinajstić information content (AvgIpc) is 2.63. The van der Waals surface area contributed by atoms with Crippen LogP contribution >= 0.6 is 22.9 Å². The number of rotatable bonds is 6. The highest BCUT2D eigenvalue weighted by molar-refractivity contribution is 7.17. The lowest BCUT2D eigenvalue weighted by Crippen LogP contribution is -2.29. The fourth-order valence-electron chi connectivity index (χ4n) is 1.20. The Hall–Kier alpha value is -0.580. The van der Waals surface area contributed by atoms with Crippen molar-refractivity contribution in [2.75, 3.05) is 13.1 Å². The molecule has 0 saturated heterocycles. The summed E-state index contributed by atoms with van der Waals surface area (Å²) in [7, 11) is 0. The molecule has 0 saturated carbocycles. The monoisotopic (exact) mass is 260 g/mol. The van der Waals surface area contributed by atoms with Crippen LogP contribution in [0.15, 0.2) is 12.1 Å². The minimum Gasteiger partial charge on any atom is -0.351 e. The van der Waals surface area contributed by atoms with Crippen LogP contribution < -0.4 is 10.6 Å². The summed E-state index contributed by atoms with van der Waals surface area (Å²) < 4.78 is 0.645. The van der Waals surface area contributed by atoms with Crippen molar-refractivity contribution in [1.29, 1.82) is 0 Å². The second kappa shape index (κ2) is 6.89. The lowest BCUT2D eigenvalue weighted by molar-refractivity contribution is 0.0957. The van der Waals surface area contributed by atoms with E-state index in [-0.39, 0.29) is 5.91 Å². The van der Waals surface area contributed by atoms with E-state index in [1.165, 1.54) is 11.3 Å². The number of thiophene rings is 1. The Balaban J connectivity index is 2.16. The lowest BCUT2D eigenvalue weighted by Gasteiger charge is -2.08. The van der Waals surface area contributed by atoms with Gasteiger partial charge in [-0.05, 0) is 25.1 Å². The first-order valence-corrected chi connectivity index (χ1v) is 6.56. The maximum atomic E-state index is 11.6. The average molecular weight is 261 g/mol. The summed E-state index contributed by atoms with van der Waals surface area (Å²) in [6.07, 6.45) is 0.934. The van der Waals surface area contributed by atoms with Gasteiger partial charge in [-0.2, -0.15) is 0 Å². The molecular formula is C11H17ClN2OS. The van der Waals surface area contributed by atoms with Crippen molar-refractivity contribution >= 4 is 28.8 Å². The number of amides is 1. The van der Waals surface area contributed by atoms with E-state index in [1.54, 1.807) is 12.1 Å². The molecule has 0 radical (unpaired) electrons. The third-order valence-corrected chi connectivity index (χ3v) is 3.22. The summed E-state index contributed by atoms with van der Waals surface area (Å²) in [6.45, 7) is 5.82. The standard InChI is InChI=1S/C11H17ClN2OS/c1-8(2)13-6-3-7-14-11(15)9-4-5-10(12)16-9/h4-5,8,13H,3,6-7H2,1-2H3,(H,14,15). The minimum absolute atomic E-state index is 0.0403. The van der Waals surface area contributed by atoms with E-state index >= 15 is 0 Å².